The number of para-hydroxylation sites is 1. The van der Waals surface area contributed by atoms with Gasteiger partial charge in [0.1, 0.15) is 0 Å². The molecule has 1 nitrogen and oxygen atoms in total. The van der Waals surface area contributed by atoms with Crippen LogP contribution in [0.2, 0.25) is 0 Å². The Kier molecular flexibility index (Phi) is 6.65. The van der Waals surface area contributed by atoms with Gasteiger partial charge in [0, 0.05) is 32.5 Å². The van der Waals surface area contributed by atoms with Crippen molar-refractivity contribution in [1.29, 1.82) is 0 Å². The van der Waals surface area contributed by atoms with Crippen molar-refractivity contribution in [1.82, 2.24) is 4.57 Å². The van der Waals surface area contributed by atoms with Crippen molar-refractivity contribution in [3.8, 4) is 16.8 Å². The SMILES string of the molecule is C1=CCCC(c2cc3c4ccccc4c4c(c5ccccc5n4-c4c5c(c(-c6ccc7ccccc7c6)c6ccccc46)CCC=C5)c3c3ccccc23)=C1. The third kappa shape index (κ3) is 4.41. The molecule has 0 amide bonds. The summed E-state index contributed by atoms with van der Waals surface area (Å²) in [6, 6.07) is 54.8. The summed E-state index contributed by atoms with van der Waals surface area (Å²) in [6.45, 7) is 0. The number of hydrogen-bond acceptors (Lipinski definition) is 0. The molecule has 1 heteroatoms. The maximum absolute atomic E-state index is 2.64. The molecule has 1 aromatic heterocycles. The van der Waals surface area contributed by atoms with Gasteiger partial charge in [-0.25, -0.2) is 0 Å². The fourth-order valence-electron chi connectivity index (χ4n) is 10.1. The summed E-state index contributed by atoms with van der Waals surface area (Å²) in [4.78, 5) is 0. The van der Waals surface area contributed by atoms with E-state index < -0.39 is 0 Å². The van der Waals surface area contributed by atoms with Crippen molar-refractivity contribution in [2.45, 2.75) is 25.7 Å². The number of rotatable bonds is 3. The van der Waals surface area contributed by atoms with E-state index in [1.807, 2.05) is 0 Å². The maximum atomic E-state index is 2.64. The zero-order valence-electron chi connectivity index (χ0n) is 30.5. The van der Waals surface area contributed by atoms with E-state index in [4.69, 9.17) is 0 Å². The summed E-state index contributed by atoms with van der Waals surface area (Å²) in [5.41, 5.74) is 12.0. The minimum atomic E-state index is 1.01. The van der Waals surface area contributed by atoms with Crippen molar-refractivity contribution in [2.24, 2.45) is 0 Å². The summed E-state index contributed by atoms with van der Waals surface area (Å²) in [5.74, 6) is 0. The fourth-order valence-corrected chi connectivity index (χ4v) is 10.1. The molecule has 0 spiro atoms. The summed E-state index contributed by atoms with van der Waals surface area (Å²) in [5, 5.41) is 15.7. The number of fused-ring (bicyclic) bond motifs is 13. The van der Waals surface area contributed by atoms with E-state index in [-0.39, 0.29) is 0 Å². The molecule has 0 aliphatic heterocycles. The zero-order chi connectivity index (χ0) is 36.0. The number of hydrogen-bond donors (Lipinski definition) is 0. The number of nitrogens with zero attached hydrogens (tertiary/aromatic N) is 1. The molecule has 0 radical (unpaired) electrons. The number of benzene rings is 9. The molecule has 10 aromatic rings. The Morgan fingerprint density at radius 2 is 1.16 bits per heavy atom. The molecular weight excluding hydrogens is 663 g/mol. The average molecular weight is 700 g/mol. The van der Waals surface area contributed by atoms with Gasteiger partial charge in [-0.1, -0.05) is 158 Å². The molecule has 0 bridgehead atoms. The third-order valence-electron chi connectivity index (χ3n) is 12.4. The quantitative estimate of drug-likeness (QED) is 0.162. The van der Waals surface area contributed by atoms with Crippen LogP contribution < -0.4 is 0 Å². The van der Waals surface area contributed by atoms with Gasteiger partial charge in [0.15, 0.2) is 0 Å². The molecule has 9 aromatic carbocycles. The van der Waals surface area contributed by atoms with Crippen LogP contribution in [0.5, 0.6) is 0 Å². The lowest BCUT2D eigenvalue weighted by molar-refractivity contribution is 0.984. The van der Waals surface area contributed by atoms with Crippen LogP contribution in [0.4, 0.5) is 0 Å². The van der Waals surface area contributed by atoms with Crippen LogP contribution in [-0.4, -0.2) is 4.57 Å². The van der Waals surface area contributed by atoms with Crippen LogP contribution in [-0.2, 0) is 6.42 Å². The largest absolute Gasteiger partial charge is 0.307 e. The van der Waals surface area contributed by atoms with Gasteiger partial charge in [-0.2, -0.15) is 0 Å². The molecule has 0 saturated heterocycles. The highest BCUT2D eigenvalue weighted by atomic mass is 15.0. The summed E-state index contributed by atoms with van der Waals surface area (Å²) in [6.07, 6.45) is 15.8. The second-order valence-corrected chi connectivity index (χ2v) is 15.3. The second-order valence-electron chi connectivity index (χ2n) is 15.3. The lowest BCUT2D eigenvalue weighted by Gasteiger charge is -2.25. The highest BCUT2D eigenvalue weighted by Crippen LogP contribution is 2.50. The highest BCUT2D eigenvalue weighted by molar-refractivity contribution is 6.38. The minimum Gasteiger partial charge on any atom is -0.307 e. The molecule has 1 heterocycles. The molecular formula is C54H37N. The Hall–Kier alpha value is -6.70. The molecule has 0 unspecified atom stereocenters. The normalized spacial score (nSPS) is 14.2. The minimum absolute atomic E-state index is 1.01. The van der Waals surface area contributed by atoms with Crippen LogP contribution in [0, 0.1) is 0 Å². The fraction of sp³-hybridized carbons (Fsp3) is 0.0741. The van der Waals surface area contributed by atoms with Crippen LogP contribution in [0.15, 0.2) is 170 Å². The van der Waals surface area contributed by atoms with Crippen molar-refractivity contribution in [2.75, 3.05) is 0 Å². The molecule has 258 valence electrons. The Balaban J connectivity index is 1.28. The van der Waals surface area contributed by atoms with Crippen molar-refractivity contribution in [3.05, 3.63) is 187 Å². The van der Waals surface area contributed by atoms with Gasteiger partial charge in [0.05, 0.1) is 16.7 Å². The van der Waals surface area contributed by atoms with E-state index in [1.54, 1.807) is 0 Å². The average Bonchev–Trinajstić information content (AvgIpc) is 3.60. The second kappa shape index (κ2) is 11.9. The third-order valence-corrected chi connectivity index (χ3v) is 12.4. The predicted octanol–water partition coefficient (Wildman–Crippen LogP) is 14.9. The Labute approximate surface area is 319 Å². The predicted molar refractivity (Wildman–Crippen MR) is 237 cm³/mol. The highest BCUT2D eigenvalue weighted by Gasteiger charge is 2.27. The molecule has 55 heavy (non-hydrogen) atoms. The Morgan fingerprint density at radius 3 is 2.00 bits per heavy atom. The van der Waals surface area contributed by atoms with Gasteiger partial charge in [0.2, 0.25) is 0 Å². The van der Waals surface area contributed by atoms with Gasteiger partial charge < -0.3 is 4.57 Å². The van der Waals surface area contributed by atoms with Crippen molar-refractivity contribution >= 4 is 87.3 Å². The van der Waals surface area contributed by atoms with Crippen LogP contribution in [0.3, 0.4) is 0 Å². The molecule has 2 aliphatic rings. The zero-order valence-corrected chi connectivity index (χ0v) is 30.5. The molecule has 2 aliphatic carbocycles. The van der Waals surface area contributed by atoms with Gasteiger partial charge >= 0.3 is 0 Å². The van der Waals surface area contributed by atoms with E-state index in [0.29, 0.717) is 0 Å². The van der Waals surface area contributed by atoms with Crippen LogP contribution in [0.25, 0.3) is 104 Å². The molecule has 0 N–H and O–H groups in total. The van der Waals surface area contributed by atoms with Gasteiger partial charge in [0.25, 0.3) is 0 Å². The summed E-state index contributed by atoms with van der Waals surface area (Å²) < 4.78 is 2.64. The Bertz CT molecular complexity index is 3360. The maximum Gasteiger partial charge on any atom is 0.0626 e. The van der Waals surface area contributed by atoms with E-state index >= 15 is 0 Å². The van der Waals surface area contributed by atoms with E-state index in [0.717, 1.165) is 25.7 Å². The van der Waals surface area contributed by atoms with E-state index in [1.165, 1.54) is 115 Å². The van der Waals surface area contributed by atoms with Gasteiger partial charge in [-0.15, -0.1) is 0 Å². The standard InChI is InChI=1S/C54H37N/c1-2-17-35(18-3-1)47-33-48-39-21-7-11-25-43(39)54-52(51(48)40-22-8-6-20-38(40)47)46-28-14-15-29-49(46)55(54)53-44-26-12-9-23-41(44)50(42-24-10-13-27-45(42)53)37-31-30-34-16-4-5-19-36(34)32-37/h1-2,4-9,11-17,19-23,25-33H,3,10,18,24H2. The smallest absolute Gasteiger partial charge is 0.0626 e. The lowest BCUT2D eigenvalue weighted by atomic mass is 9.83. The van der Waals surface area contributed by atoms with Crippen LogP contribution in [0.1, 0.15) is 36.0 Å². The van der Waals surface area contributed by atoms with Gasteiger partial charge in [-0.3, -0.25) is 0 Å². The molecule has 0 fully saturated rings. The molecule has 0 saturated carbocycles. The summed E-state index contributed by atoms with van der Waals surface area (Å²) >= 11 is 0. The first-order valence-corrected chi connectivity index (χ1v) is 19.7. The number of allylic oxidation sites excluding steroid dienone is 5. The van der Waals surface area contributed by atoms with E-state index in [9.17, 15) is 0 Å². The first kappa shape index (κ1) is 30.7. The first-order valence-electron chi connectivity index (χ1n) is 19.7. The molecule has 12 rings (SSSR count). The lowest BCUT2D eigenvalue weighted by Crippen LogP contribution is -2.07. The topological polar surface area (TPSA) is 4.93 Å². The van der Waals surface area contributed by atoms with Crippen LogP contribution >= 0.6 is 0 Å². The molecule has 0 atom stereocenters. The first-order chi connectivity index (χ1) is 27.3. The van der Waals surface area contributed by atoms with E-state index in [2.05, 4.69) is 181 Å². The van der Waals surface area contributed by atoms with Crippen molar-refractivity contribution in [3.63, 3.8) is 0 Å². The summed E-state index contributed by atoms with van der Waals surface area (Å²) in [7, 11) is 0. The monoisotopic (exact) mass is 699 g/mol. The number of aromatic nitrogens is 1. The van der Waals surface area contributed by atoms with Gasteiger partial charge in [-0.05, 0) is 109 Å². The Morgan fingerprint density at radius 1 is 0.473 bits per heavy atom. The van der Waals surface area contributed by atoms with Crippen molar-refractivity contribution < 1.29 is 0 Å².